The Labute approximate surface area is 104 Å². The summed E-state index contributed by atoms with van der Waals surface area (Å²) in [5.41, 5.74) is 2.26. The number of benzene rings is 2. The van der Waals surface area contributed by atoms with Crippen molar-refractivity contribution in [3.8, 4) is 5.75 Å². The van der Waals surface area contributed by atoms with Crippen LogP contribution >= 0.6 is 0 Å². The van der Waals surface area contributed by atoms with Crippen LogP contribution < -0.4 is 0 Å². The van der Waals surface area contributed by atoms with Gasteiger partial charge in [-0.25, -0.2) is 4.79 Å². The van der Waals surface area contributed by atoms with Gasteiger partial charge in [0.2, 0.25) is 0 Å². The van der Waals surface area contributed by atoms with E-state index in [0.717, 1.165) is 11.1 Å². The number of cyclic esters (lactones) is 1. The fourth-order valence-electron chi connectivity index (χ4n) is 1.91. The molecule has 3 rings (SSSR count). The van der Waals surface area contributed by atoms with Crippen molar-refractivity contribution < 1.29 is 14.6 Å². The Morgan fingerprint density at radius 1 is 0.944 bits per heavy atom. The lowest BCUT2D eigenvalue weighted by atomic mass is 10.1. The van der Waals surface area contributed by atoms with E-state index in [1.54, 1.807) is 36.4 Å². The average Bonchev–Trinajstić information content (AvgIpc) is 2.70. The van der Waals surface area contributed by atoms with Crippen molar-refractivity contribution in [2.75, 3.05) is 0 Å². The maximum Gasteiger partial charge on any atom is 0.344 e. The predicted molar refractivity (Wildman–Crippen MR) is 67.8 cm³/mol. The highest BCUT2D eigenvalue weighted by Gasteiger charge is 2.25. The number of hydrogen-bond donors (Lipinski definition) is 1. The second-order valence-corrected chi connectivity index (χ2v) is 4.04. The van der Waals surface area contributed by atoms with Crippen molar-refractivity contribution in [2.45, 2.75) is 0 Å². The number of hydrogen-bond acceptors (Lipinski definition) is 3. The molecule has 88 valence electrons. The van der Waals surface area contributed by atoms with Crippen molar-refractivity contribution in [3.05, 3.63) is 65.2 Å². The third-order valence-electron chi connectivity index (χ3n) is 2.81. The SMILES string of the molecule is O=C1O/C(=C\c2ccc(O)cc2)c2ccccc21. The molecule has 0 saturated carbocycles. The number of phenols is 1. The fraction of sp³-hybridized carbons (Fsp3) is 0. The molecule has 1 aliphatic rings. The van der Waals surface area contributed by atoms with Crippen LogP contribution in [-0.4, -0.2) is 11.1 Å². The minimum Gasteiger partial charge on any atom is -0.508 e. The van der Waals surface area contributed by atoms with Gasteiger partial charge < -0.3 is 9.84 Å². The second-order valence-electron chi connectivity index (χ2n) is 4.04. The maximum absolute atomic E-state index is 11.6. The van der Waals surface area contributed by atoms with Gasteiger partial charge in [0.25, 0.3) is 0 Å². The van der Waals surface area contributed by atoms with Crippen molar-refractivity contribution in [2.24, 2.45) is 0 Å². The van der Waals surface area contributed by atoms with E-state index in [9.17, 15) is 9.90 Å². The van der Waals surface area contributed by atoms with Gasteiger partial charge >= 0.3 is 5.97 Å². The lowest BCUT2D eigenvalue weighted by Gasteiger charge is -1.99. The molecule has 0 spiro atoms. The smallest absolute Gasteiger partial charge is 0.344 e. The first-order valence-electron chi connectivity index (χ1n) is 5.56. The Balaban J connectivity index is 2.04. The Hall–Kier alpha value is -2.55. The largest absolute Gasteiger partial charge is 0.508 e. The molecular formula is C15H10O3. The lowest BCUT2D eigenvalue weighted by molar-refractivity contribution is 0.0717. The van der Waals surface area contributed by atoms with Crippen LogP contribution in [0.2, 0.25) is 0 Å². The first kappa shape index (κ1) is 10.6. The maximum atomic E-state index is 11.6. The van der Waals surface area contributed by atoms with Gasteiger partial charge in [0.05, 0.1) is 5.56 Å². The van der Waals surface area contributed by atoms with Crippen LogP contribution in [0.4, 0.5) is 0 Å². The zero-order valence-corrected chi connectivity index (χ0v) is 9.46. The number of esters is 1. The van der Waals surface area contributed by atoms with Gasteiger partial charge in [-0.3, -0.25) is 0 Å². The van der Waals surface area contributed by atoms with Crippen LogP contribution in [0.5, 0.6) is 5.75 Å². The highest BCUT2D eigenvalue weighted by Crippen LogP contribution is 2.31. The molecule has 0 amide bonds. The van der Waals surface area contributed by atoms with Crippen molar-refractivity contribution in [1.82, 2.24) is 0 Å². The average molecular weight is 238 g/mol. The Kier molecular flexibility index (Phi) is 2.38. The van der Waals surface area contributed by atoms with E-state index in [1.807, 2.05) is 18.2 Å². The molecule has 0 unspecified atom stereocenters. The van der Waals surface area contributed by atoms with Crippen molar-refractivity contribution in [1.29, 1.82) is 0 Å². The molecule has 1 aliphatic heterocycles. The van der Waals surface area contributed by atoms with Crippen LogP contribution in [0.15, 0.2) is 48.5 Å². The summed E-state index contributed by atoms with van der Waals surface area (Å²) in [4.78, 5) is 11.6. The second kappa shape index (κ2) is 4.04. The van der Waals surface area contributed by atoms with Gasteiger partial charge in [-0.1, -0.05) is 30.3 Å². The van der Waals surface area contributed by atoms with E-state index in [-0.39, 0.29) is 11.7 Å². The highest BCUT2D eigenvalue weighted by molar-refractivity contribution is 6.05. The molecule has 0 atom stereocenters. The number of fused-ring (bicyclic) bond motifs is 1. The van der Waals surface area contributed by atoms with Crippen LogP contribution in [0, 0.1) is 0 Å². The molecule has 0 fully saturated rings. The summed E-state index contributed by atoms with van der Waals surface area (Å²) in [6.07, 6.45) is 1.78. The van der Waals surface area contributed by atoms with E-state index in [2.05, 4.69) is 0 Å². The quantitative estimate of drug-likeness (QED) is 0.776. The molecule has 0 aromatic heterocycles. The van der Waals surface area contributed by atoms with E-state index >= 15 is 0 Å². The van der Waals surface area contributed by atoms with E-state index in [4.69, 9.17) is 4.74 Å². The van der Waals surface area contributed by atoms with E-state index in [0.29, 0.717) is 11.3 Å². The summed E-state index contributed by atoms with van der Waals surface area (Å²) in [7, 11) is 0. The fourth-order valence-corrected chi connectivity index (χ4v) is 1.91. The Bertz CT molecular complexity index is 639. The molecule has 18 heavy (non-hydrogen) atoms. The van der Waals surface area contributed by atoms with Crippen LogP contribution in [0.1, 0.15) is 21.5 Å². The minimum absolute atomic E-state index is 0.209. The molecule has 1 N–H and O–H groups in total. The summed E-state index contributed by atoms with van der Waals surface area (Å²) < 4.78 is 5.23. The molecular weight excluding hydrogens is 228 g/mol. The van der Waals surface area contributed by atoms with Crippen molar-refractivity contribution >= 4 is 17.8 Å². The number of carbonyl (C=O) groups is 1. The van der Waals surface area contributed by atoms with Gasteiger partial charge in [0, 0.05) is 5.56 Å². The monoisotopic (exact) mass is 238 g/mol. The first-order valence-corrected chi connectivity index (χ1v) is 5.56. The molecule has 0 radical (unpaired) electrons. The minimum atomic E-state index is -0.323. The number of phenolic OH excluding ortho intramolecular Hbond substituents is 1. The van der Waals surface area contributed by atoms with Crippen molar-refractivity contribution in [3.63, 3.8) is 0 Å². The molecule has 0 bridgehead atoms. The molecule has 2 aromatic carbocycles. The Morgan fingerprint density at radius 3 is 2.33 bits per heavy atom. The predicted octanol–water partition coefficient (Wildman–Crippen LogP) is 3.06. The van der Waals surface area contributed by atoms with Gasteiger partial charge in [-0.15, -0.1) is 0 Å². The molecule has 0 aliphatic carbocycles. The summed E-state index contributed by atoms with van der Waals surface area (Å²) in [6.45, 7) is 0. The van der Waals surface area contributed by atoms with Gasteiger partial charge in [0.15, 0.2) is 0 Å². The third-order valence-corrected chi connectivity index (χ3v) is 2.81. The summed E-state index contributed by atoms with van der Waals surface area (Å²) in [5, 5.41) is 9.21. The van der Waals surface area contributed by atoms with Gasteiger partial charge in [-0.05, 0) is 29.8 Å². The van der Waals surface area contributed by atoms with Crippen LogP contribution in [0.3, 0.4) is 0 Å². The number of ether oxygens (including phenoxy) is 1. The highest BCUT2D eigenvalue weighted by atomic mass is 16.5. The number of aromatic hydroxyl groups is 1. The summed E-state index contributed by atoms with van der Waals surface area (Å²) in [5.74, 6) is 0.429. The first-order chi connectivity index (χ1) is 8.74. The molecule has 2 aromatic rings. The Morgan fingerprint density at radius 2 is 1.61 bits per heavy atom. The third kappa shape index (κ3) is 1.76. The van der Waals surface area contributed by atoms with E-state index in [1.165, 1.54) is 0 Å². The van der Waals surface area contributed by atoms with Crippen LogP contribution in [0.25, 0.3) is 11.8 Å². The molecule has 0 saturated heterocycles. The summed E-state index contributed by atoms with van der Waals surface area (Å²) >= 11 is 0. The van der Waals surface area contributed by atoms with Crippen LogP contribution in [-0.2, 0) is 4.74 Å². The van der Waals surface area contributed by atoms with Gasteiger partial charge in [0.1, 0.15) is 11.5 Å². The lowest BCUT2D eigenvalue weighted by Crippen LogP contribution is -1.92. The zero-order chi connectivity index (χ0) is 12.5. The summed E-state index contributed by atoms with van der Waals surface area (Å²) in [6, 6.07) is 14.0. The topological polar surface area (TPSA) is 46.5 Å². The zero-order valence-electron chi connectivity index (χ0n) is 9.46. The molecule has 1 heterocycles. The number of carbonyl (C=O) groups excluding carboxylic acids is 1. The number of rotatable bonds is 1. The normalized spacial score (nSPS) is 15.6. The van der Waals surface area contributed by atoms with E-state index < -0.39 is 0 Å². The van der Waals surface area contributed by atoms with Gasteiger partial charge in [-0.2, -0.15) is 0 Å². The standard InChI is InChI=1S/C15H10O3/c16-11-7-5-10(6-8-11)9-14-12-3-1-2-4-13(12)15(17)18-14/h1-9,16H/b14-9-. The molecule has 3 heteroatoms. The molecule has 3 nitrogen and oxygen atoms in total.